The van der Waals surface area contributed by atoms with E-state index < -0.39 is 0 Å². The Morgan fingerprint density at radius 1 is 1.05 bits per heavy atom. The van der Waals surface area contributed by atoms with Gasteiger partial charge in [0.25, 0.3) is 0 Å². The van der Waals surface area contributed by atoms with Gasteiger partial charge in [0.15, 0.2) is 6.29 Å². The molecule has 0 spiro atoms. The summed E-state index contributed by atoms with van der Waals surface area (Å²) in [5.74, 6) is 0. The van der Waals surface area contributed by atoms with E-state index in [-0.39, 0.29) is 0 Å². The summed E-state index contributed by atoms with van der Waals surface area (Å²) < 4.78 is 1.75. The molecule has 3 aromatic rings. The smallest absolute Gasteiger partial charge is 0.153 e. The summed E-state index contributed by atoms with van der Waals surface area (Å²) in [5, 5.41) is 4.60. The van der Waals surface area contributed by atoms with Gasteiger partial charge in [0.1, 0.15) is 5.69 Å². The summed E-state index contributed by atoms with van der Waals surface area (Å²) >= 11 is 0. The third kappa shape index (κ3) is 2.50. The number of para-hydroxylation sites is 1. The van der Waals surface area contributed by atoms with Gasteiger partial charge >= 0.3 is 0 Å². The van der Waals surface area contributed by atoms with Crippen molar-refractivity contribution in [2.45, 2.75) is 13.8 Å². The van der Waals surface area contributed by atoms with Crippen LogP contribution in [-0.4, -0.2) is 16.1 Å². The molecule has 104 valence electrons. The van der Waals surface area contributed by atoms with Crippen LogP contribution in [0.2, 0.25) is 0 Å². The first-order chi connectivity index (χ1) is 10.2. The number of aldehydes is 1. The molecule has 0 unspecified atom stereocenters. The third-order valence-electron chi connectivity index (χ3n) is 3.53. The molecule has 0 N–H and O–H groups in total. The number of hydrogen-bond acceptors (Lipinski definition) is 2. The molecule has 21 heavy (non-hydrogen) atoms. The number of aromatic nitrogens is 2. The highest BCUT2D eigenvalue weighted by Gasteiger charge is 2.13. The first kappa shape index (κ1) is 13.3. The minimum atomic E-state index is 0.603. The Kier molecular flexibility index (Phi) is 3.40. The van der Waals surface area contributed by atoms with Crippen LogP contribution in [0.5, 0.6) is 0 Å². The van der Waals surface area contributed by atoms with Crippen molar-refractivity contribution in [3.8, 4) is 16.9 Å². The van der Waals surface area contributed by atoms with Crippen LogP contribution in [0.1, 0.15) is 21.5 Å². The van der Waals surface area contributed by atoms with Gasteiger partial charge in [0.05, 0.1) is 11.3 Å². The predicted octanol–water partition coefficient (Wildman–Crippen LogP) is 3.97. The van der Waals surface area contributed by atoms with Crippen molar-refractivity contribution in [1.29, 1.82) is 0 Å². The molecule has 0 saturated heterocycles. The molecule has 2 aromatic carbocycles. The summed E-state index contributed by atoms with van der Waals surface area (Å²) in [6.07, 6.45) is 2.64. The number of nitrogens with zero attached hydrogens (tertiary/aromatic N) is 2. The molecule has 0 amide bonds. The van der Waals surface area contributed by atoms with Crippen molar-refractivity contribution in [3.63, 3.8) is 0 Å². The first-order valence-corrected chi connectivity index (χ1v) is 6.87. The molecular formula is C18H16N2O. The average molecular weight is 276 g/mol. The van der Waals surface area contributed by atoms with Crippen molar-refractivity contribution < 1.29 is 4.79 Å². The molecule has 3 nitrogen and oxygen atoms in total. The molecule has 0 saturated carbocycles. The fourth-order valence-electron chi connectivity index (χ4n) is 2.48. The zero-order valence-corrected chi connectivity index (χ0v) is 12.1. The Morgan fingerprint density at radius 3 is 2.48 bits per heavy atom. The van der Waals surface area contributed by atoms with E-state index in [0.29, 0.717) is 5.56 Å². The van der Waals surface area contributed by atoms with Gasteiger partial charge < -0.3 is 0 Å². The Labute approximate surface area is 123 Å². The number of aryl methyl sites for hydroxylation is 2. The minimum Gasteiger partial charge on any atom is -0.298 e. The molecule has 3 heteroatoms. The maximum Gasteiger partial charge on any atom is 0.153 e. The minimum absolute atomic E-state index is 0.603. The van der Waals surface area contributed by atoms with Crippen LogP contribution in [0, 0.1) is 13.8 Å². The summed E-state index contributed by atoms with van der Waals surface area (Å²) in [6, 6.07) is 16.0. The lowest BCUT2D eigenvalue weighted by Crippen LogP contribution is -1.94. The van der Waals surface area contributed by atoms with E-state index in [2.05, 4.69) is 18.1 Å². The van der Waals surface area contributed by atoms with E-state index in [0.717, 1.165) is 28.8 Å². The van der Waals surface area contributed by atoms with E-state index >= 15 is 0 Å². The van der Waals surface area contributed by atoms with Crippen LogP contribution >= 0.6 is 0 Å². The summed E-state index contributed by atoms with van der Waals surface area (Å²) in [5.41, 5.74) is 5.59. The molecular weight excluding hydrogens is 260 g/mol. The lowest BCUT2D eigenvalue weighted by molar-refractivity contribution is 0.112. The summed E-state index contributed by atoms with van der Waals surface area (Å²) in [6.45, 7) is 4.10. The van der Waals surface area contributed by atoms with Gasteiger partial charge in [0.2, 0.25) is 0 Å². The quantitative estimate of drug-likeness (QED) is 0.678. The SMILES string of the molecule is Cc1ccc(-c2nn(-c3ccccc3)cc2C=O)c(C)c1. The second kappa shape index (κ2) is 5.37. The van der Waals surface area contributed by atoms with Gasteiger partial charge in [-0.05, 0) is 31.5 Å². The van der Waals surface area contributed by atoms with E-state index in [1.54, 1.807) is 10.9 Å². The second-order valence-electron chi connectivity index (χ2n) is 5.15. The highest BCUT2D eigenvalue weighted by Crippen LogP contribution is 2.26. The molecule has 1 heterocycles. The van der Waals surface area contributed by atoms with Crippen molar-refractivity contribution in [1.82, 2.24) is 9.78 Å². The standard InChI is InChI=1S/C18H16N2O/c1-13-8-9-17(14(2)10-13)18-15(12-21)11-20(19-18)16-6-4-3-5-7-16/h3-12H,1-2H3. The van der Waals surface area contributed by atoms with Gasteiger partial charge in [-0.2, -0.15) is 5.10 Å². The zero-order chi connectivity index (χ0) is 14.8. The lowest BCUT2D eigenvalue weighted by Gasteiger charge is -2.05. The Hall–Kier alpha value is -2.68. The molecule has 3 rings (SSSR count). The van der Waals surface area contributed by atoms with E-state index in [4.69, 9.17) is 0 Å². The molecule has 0 bridgehead atoms. The van der Waals surface area contributed by atoms with Crippen molar-refractivity contribution in [2.75, 3.05) is 0 Å². The molecule has 0 aliphatic rings. The first-order valence-electron chi connectivity index (χ1n) is 6.87. The van der Waals surface area contributed by atoms with Crippen LogP contribution in [0.15, 0.2) is 54.7 Å². The van der Waals surface area contributed by atoms with Crippen LogP contribution in [0.3, 0.4) is 0 Å². The van der Waals surface area contributed by atoms with Crippen LogP contribution < -0.4 is 0 Å². The molecule has 1 aromatic heterocycles. The fourth-order valence-corrected chi connectivity index (χ4v) is 2.48. The predicted molar refractivity (Wildman–Crippen MR) is 83.9 cm³/mol. The van der Waals surface area contributed by atoms with Crippen LogP contribution in [0.25, 0.3) is 16.9 Å². The zero-order valence-electron chi connectivity index (χ0n) is 12.1. The Balaban J connectivity index is 2.15. The Bertz CT molecular complexity index is 788. The van der Waals surface area contributed by atoms with Gasteiger partial charge in [-0.15, -0.1) is 0 Å². The number of rotatable bonds is 3. The molecule has 0 aliphatic heterocycles. The number of benzene rings is 2. The molecule has 0 fully saturated rings. The van der Waals surface area contributed by atoms with Gasteiger partial charge in [-0.25, -0.2) is 4.68 Å². The number of carbonyl (C=O) groups excluding carboxylic acids is 1. The van der Waals surface area contributed by atoms with E-state index in [1.807, 2.05) is 49.4 Å². The third-order valence-corrected chi connectivity index (χ3v) is 3.53. The van der Waals surface area contributed by atoms with Gasteiger partial charge in [-0.1, -0.05) is 42.0 Å². The summed E-state index contributed by atoms with van der Waals surface area (Å²) in [7, 11) is 0. The molecule has 0 atom stereocenters. The number of hydrogen-bond donors (Lipinski definition) is 0. The van der Waals surface area contributed by atoms with Gasteiger partial charge in [-0.3, -0.25) is 4.79 Å². The maximum atomic E-state index is 11.4. The van der Waals surface area contributed by atoms with Crippen molar-refractivity contribution in [2.24, 2.45) is 0 Å². The van der Waals surface area contributed by atoms with Gasteiger partial charge in [0, 0.05) is 11.8 Å². The second-order valence-corrected chi connectivity index (χ2v) is 5.15. The highest BCUT2D eigenvalue weighted by atomic mass is 16.1. The van der Waals surface area contributed by atoms with Crippen LogP contribution in [-0.2, 0) is 0 Å². The lowest BCUT2D eigenvalue weighted by atomic mass is 10.0. The van der Waals surface area contributed by atoms with E-state index in [9.17, 15) is 4.79 Å². The van der Waals surface area contributed by atoms with E-state index in [1.165, 1.54) is 5.56 Å². The Morgan fingerprint density at radius 2 is 1.81 bits per heavy atom. The van der Waals surface area contributed by atoms with Crippen molar-refractivity contribution >= 4 is 6.29 Å². The monoisotopic (exact) mass is 276 g/mol. The normalized spacial score (nSPS) is 10.6. The average Bonchev–Trinajstić information content (AvgIpc) is 2.92. The fraction of sp³-hybridized carbons (Fsp3) is 0.111. The molecule has 0 aliphatic carbocycles. The van der Waals surface area contributed by atoms with Crippen LogP contribution in [0.4, 0.5) is 0 Å². The topological polar surface area (TPSA) is 34.9 Å². The highest BCUT2D eigenvalue weighted by molar-refractivity contribution is 5.86. The number of carbonyl (C=O) groups is 1. The van der Waals surface area contributed by atoms with Crippen molar-refractivity contribution in [3.05, 3.63) is 71.4 Å². The molecule has 0 radical (unpaired) electrons. The largest absolute Gasteiger partial charge is 0.298 e. The maximum absolute atomic E-state index is 11.4. The summed E-state index contributed by atoms with van der Waals surface area (Å²) in [4.78, 5) is 11.4.